The second-order valence-electron chi connectivity index (χ2n) is 6.04. The van der Waals surface area contributed by atoms with Crippen molar-refractivity contribution in [3.8, 4) is 0 Å². The first-order valence-electron chi connectivity index (χ1n) is 7.91. The number of amides is 2. The second kappa shape index (κ2) is 6.57. The van der Waals surface area contributed by atoms with Gasteiger partial charge in [0.15, 0.2) is 0 Å². The molecule has 2 heterocycles. The van der Waals surface area contributed by atoms with Gasteiger partial charge in [-0.2, -0.15) is 0 Å². The molecule has 0 aliphatic carbocycles. The van der Waals surface area contributed by atoms with Crippen LogP contribution in [0.2, 0.25) is 0 Å². The van der Waals surface area contributed by atoms with E-state index in [0.29, 0.717) is 18.5 Å². The highest BCUT2D eigenvalue weighted by molar-refractivity contribution is 6.34. The number of piperidine rings is 1. The van der Waals surface area contributed by atoms with E-state index in [1.165, 1.54) is 0 Å². The van der Waals surface area contributed by atoms with Crippen LogP contribution in [0.1, 0.15) is 39.5 Å². The number of piperazine rings is 1. The van der Waals surface area contributed by atoms with Crippen molar-refractivity contribution >= 4 is 11.8 Å². The Morgan fingerprint density at radius 2 is 1.35 bits per heavy atom. The van der Waals surface area contributed by atoms with Gasteiger partial charge in [-0.25, -0.2) is 0 Å². The van der Waals surface area contributed by atoms with Crippen LogP contribution in [-0.2, 0) is 9.59 Å². The fourth-order valence-corrected chi connectivity index (χ4v) is 3.28. The molecule has 0 unspecified atom stereocenters. The summed E-state index contributed by atoms with van der Waals surface area (Å²) < 4.78 is 0. The number of carbonyl (C=O) groups is 2. The molecule has 1 N–H and O–H groups in total. The van der Waals surface area contributed by atoms with Crippen LogP contribution in [-0.4, -0.2) is 60.9 Å². The fourth-order valence-electron chi connectivity index (χ4n) is 3.28. The zero-order chi connectivity index (χ0) is 14.6. The number of hydrogen-bond donors (Lipinski definition) is 1. The summed E-state index contributed by atoms with van der Waals surface area (Å²) >= 11 is 0. The van der Waals surface area contributed by atoms with Crippen LogP contribution in [0.25, 0.3) is 0 Å². The minimum atomic E-state index is -0.313. The quantitative estimate of drug-likeness (QED) is 0.763. The molecule has 0 aromatic carbocycles. The van der Waals surface area contributed by atoms with Crippen LogP contribution >= 0.6 is 0 Å². The molecule has 114 valence electrons. The van der Waals surface area contributed by atoms with Gasteiger partial charge in [0, 0.05) is 39.3 Å². The lowest BCUT2D eigenvalue weighted by molar-refractivity contribution is -0.153. The topological polar surface area (TPSA) is 52.7 Å². The first kappa shape index (κ1) is 15.3. The maximum Gasteiger partial charge on any atom is 0.312 e. The van der Waals surface area contributed by atoms with Gasteiger partial charge in [-0.15, -0.1) is 0 Å². The molecule has 2 aliphatic heterocycles. The molecule has 2 amide bonds. The van der Waals surface area contributed by atoms with Crippen LogP contribution in [0.15, 0.2) is 0 Å². The molecule has 0 spiro atoms. The molecule has 2 rings (SSSR count). The molecule has 0 radical (unpaired) electrons. The van der Waals surface area contributed by atoms with E-state index in [2.05, 4.69) is 19.2 Å². The number of nitrogens with one attached hydrogen (secondary N) is 1. The predicted molar refractivity (Wildman–Crippen MR) is 78.3 cm³/mol. The maximum atomic E-state index is 12.3. The number of hydrogen-bond acceptors (Lipinski definition) is 3. The highest BCUT2D eigenvalue weighted by atomic mass is 16.2. The monoisotopic (exact) mass is 281 g/mol. The van der Waals surface area contributed by atoms with E-state index in [1.807, 2.05) is 0 Å². The van der Waals surface area contributed by atoms with Crippen molar-refractivity contribution in [2.24, 2.45) is 5.41 Å². The van der Waals surface area contributed by atoms with Crippen molar-refractivity contribution in [1.29, 1.82) is 0 Å². The zero-order valence-electron chi connectivity index (χ0n) is 12.8. The molecule has 0 atom stereocenters. The minimum Gasteiger partial charge on any atom is -0.334 e. The molecule has 5 nitrogen and oxygen atoms in total. The van der Waals surface area contributed by atoms with Crippen LogP contribution < -0.4 is 5.32 Å². The van der Waals surface area contributed by atoms with Crippen LogP contribution in [0.4, 0.5) is 0 Å². The van der Waals surface area contributed by atoms with E-state index in [1.54, 1.807) is 9.80 Å². The van der Waals surface area contributed by atoms with Gasteiger partial charge >= 0.3 is 11.8 Å². The standard InChI is InChI=1S/C15H27N3O2/c1-3-15(4-2)5-9-17(10-6-15)13(19)14(20)18-11-7-16-8-12-18/h16H,3-12H2,1-2H3. The number of rotatable bonds is 2. The first-order valence-corrected chi connectivity index (χ1v) is 7.91. The summed E-state index contributed by atoms with van der Waals surface area (Å²) in [6.45, 7) is 8.79. The Balaban J connectivity index is 1.89. The van der Waals surface area contributed by atoms with Crippen molar-refractivity contribution in [3.63, 3.8) is 0 Å². The van der Waals surface area contributed by atoms with Crippen LogP contribution in [0.5, 0.6) is 0 Å². The average molecular weight is 281 g/mol. The van der Waals surface area contributed by atoms with Gasteiger partial charge in [-0.05, 0) is 18.3 Å². The number of nitrogens with zero attached hydrogens (tertiary/aromatic N) is 2. The summed E-state index contributed by atoms with van der Waals surface area (Å²) in [6, 6.07) is 0. The number of likely N-dealkylation sites (tertiary alicyclic amines) is 1. The van der Waals surface area contributed by atoms with Crippen LogP contribution in [0.3, 0.4) is 0 Å². The molecular weight excluding hydrogens is 254 g/mol. The summed E-state index contributed by atoms with van der Waals surface area (Å²) in [4.78, 5) is 27.9. The van der Waals surface area contributed by atoms with Gasteiger partial charge < -0.3 is 15.1 Å². The van der Waals surface area contributed by atoms with Crippen molar-refractivity contribution in [1.82, 2.24) is 15.1 Å². The molecule has 20 heavy (non-hydrogen) atoms. The largest absolute Gasteiger partial charge is 0.334 e. The minimum absolute atomic E-state index is 0.298. The molecule has 0 aromatic heterocycles. The van der Waals surface area contributed by atoms with Gasteiger partial charge in [0.2, 0.25) is 0 Å². The fraction of sp³-hybridized carbons (Fsp3) is 0.867. The number of carbonyl (C=O) groups excluding carboxylic acids is 2. The van der Waals surface area contributed by atoms with Gasteiger partial charge in [0.25, 0.3) is 0 Å². The van der Waals surface area contributed by atoms with Crippen molar-refractivity contribution in [2.45, 2.75) is 39.5 Å². The lowest BCUT2D eigenvalue weighted by Gasteiger charge is -2.41. The lowest BCUT2D eigenvalue weighted by Crippen LogP contribution is -2.53. The van der Waals surface area contributed by atoms with E-state index in [9.17, 15) is 9.59 Å². The first-order chi connectivity index (χ1) is 9.62. The Morgan fingerprint density at radius 1 is 0.900 bits per heavy atom. The van der Waals surface area contributed by atoms with Crippen LogP contribution in [0, 0.1) is 5.41 Å². The van der Waals surface area contributed by atoms with Crippen molar-refractivity contribution in [3.05, 3.63) is 0 Å². The molecule has 0 bridgehead atoms. The summed E-state index contributed by atoms with van der Waals surface area (Å²) in [5.41, 5.74) is 0.384. The zero-order valence-corrected chi connectivity index (χ0v) is 12.8. The van der Waals surface area contributed by atoms with Gasteiger partial charge in [-0.1, -0.05) is 26.7 Å². The van der Waals surface area contributed by atoms with Crippen molar-refractivity contribution in [2.75, 3.05) is 39.3 Å². The van der Waals surface area contributed by atoms with Gasteiger partial charge in [0.05, 0.1) is 0 Å². The Labute approximate surface area is 121 Å². The molecule has 2 fully saturated rings. The van der Waals surface area contributed by atoms with E-state index < -0.39 is 0 Å². The highest BCUT2D eigenvalue weighted by Crippen LogP contribution is 2.37. The summed E-state index contributed by atoms with van der Waals surface area (Å²) in [7, 11) is 0. The van der Waals surface area contributed by atoms with Gasteiger partial charge in [-0.3, -0.25) is 9.59 Å². The molecule has 0 saturated carbocycles. The summed E-state index contributed by atoms with van der Waals surface area (Å²) in [6.07, 6.45) is 4.38. The molecular formula is C15H27N3O2. The van der Waals surface area contributed by atoms with E-state index in [0.717, 1.165) is 51.9 Å². The molecule has 2 saturated heterocycles. The summed E-state index contributed by atoms with van der Waals surface area (Å²) in [5, 5.41) is 3.20. The summed E-state index contributed by atoms with van der Waals surface area (Å²) in [5.74, 6) is -0.611. The lowest BCUT2D eigenvalue weighted by atomic mass is 9.74. The van der Waals surface area contributed by atoms with Crippen molar-refractivity contribution < 1.29 is 9.59 Å². The van der Waals surface area contributed by atoms with Gasteiger partial charge in [0.1, 0.15) is 0 Å². The average Bonchev–Trinajstić information content (AvgIpc) is 2.54. The normalized spacial score (nSPS) is 22.7. The Bertz CT molecular complexity index is 350. The third-order valence-corrected chi connectivity index (χ3v) is 5.20. The SMILES string of the molecule is CCC1(CC)CCN(C(=O)C(=O)N2CCNCC2)CC1. The Morgan fingerprint density at radius 3 is 1.80 bits per heavy atom. The van der Waals surface area contributed by atoms with E-state index >= 15 is 0 Å². The van der Waals surface area contributed by atoms with E-state index in [4.69, 9.17) is 0 Å². The second-order valence-corrected chi connectivity index (χ2v) is 6.04. The predicted octanol–water partition coefficient (Wildman–Crippen LogP) is 0.847. The highest BCUT2D eigenvalue weighted by Gasteiger charge is 2.35. The smallest absolute Gasteiger partial charge is 0.312 e. The third kappa shape index (κ3) is 3.14. The molecule has 2 aliphatic rings. The molecule has 5 heteroatoms. The molecule has 0 aromatic rings. The third-order valence-electron chi connectivity index (χ3n) is 5.20. The Kier molecular flexibility index (Phi) is 5.02. The Hall–Kier alpha value is -1.10. The maximum absolute atomic E-state index is 12.3. The van der Waals surface area contributed by atoms with E-state index in [-0.39, 0.29) is 11.8 Å².